The summed E-state index contributed by atoms with van der Waals surface area (Å²) in [6.45, 7) is 3.04. The van der Waals surface area contributed by atoms with Crippen LogP contribution >= 0.6 is 0 Å². The number of aromatic hydroxyl groups is 1. The van der Waals surface area contributed by atoms with Crippen LogP contribution in [0.15, 0.2) is 88.6 Å². The van der Waals surface area contributed by atoms with E-state index in [9.17, 15) is 57.0 Å². The molecule has 4 aromatic rings. The Morgan fingerprint density at radius 1 is 0.543 bits per heavy atom. The zero-order valence-electron chi connectivity index (χ0n) is 23.1. The molecule has 0 aliphatic heterocycles. The largest absolute Gasteiger partial charge is 0.505 e. The van der Waals surface area contributed by atoms with Crippen molar-refractivity contribution in [3.05, 3.63) is 59.7 Å². The zero-order valence-corrected chi connectivity index (χ0v) is 26.4. The monoisotopic (exact) mass is 715 g/mol. The van der Waals surface area contributed by atoms with Crippen LogP contribution in [0.3, 0.4) is 0 Å². The molecule has 18 nitrogen and oxygen atoms in total. The second-order valence-corrected chi connectivity index (χ2v) is 15.1. The lowest BCUT2D eigenvalue weighted by atomic mass is 10.1. The summed E-state index contributed by atoms with van der Waals surface area (Å²) < 4.78 is 135. The average molecular weight is 716 g/mol. The Labute approximate surface area is 260 Å². The van der Waals surface area contributed by atoms with Crippen molar-refractivity contribution in [3.63, 3.8) is 0 Å². The van der Waals surface area contributed by atoms with Gasteiger partial charge in [-0.05, 0) is 66.8 Å². The quantitative estimate of drug-likeness (QED) is 0.0827. The summed E-state index contributed by atoms with van der Waals surface area (Å²) in [4.78, 5) is -3.76. The first-order valence-electron chi connectivity index (χ1n) is 12.1. The summed E-state index contributed by atoms with van der Waals surface area (Å²) in [7, 11) is -20.3. The molecule has 0 bridgehead atoms. The van der Waals surface area contributed by atoms with Gasteiger partial charge in [-0.25, -0.2) is 0 Å². The van der Waals surface area contributed by atoms with E-state index in [0.29, 0.717) is 23.3 Å². The molecule has 0 aromatic heterocycles. The molecule has 4 aromatic carbocycles. The number of hydrogen-bond donors (Lipinski definition) is 6. The molecule has 0 saturated carbocycles. The first-order valence-corrected chi connectivity index (χ1v) is 17.8. The van der Waals surface area contributed by atoms with E-state index in [0.717, 1.165) is 24.3 Å². The van der Waals surface area contributed by atoms with Crippen LogP contribution in [0, 0.1) is 13.8 Å². The Bertz CT molecular complexity index is 2290. The first kappa shape index (κ1) is 34.5. The highest BCUT2D eigenvalue weighted by Crippen LogP contribution is 2.48. The minimum atomic E-state index is -5.30. The maximum Gasteiger partial charge on any atom is 0.296 e. The van der Waals surface area contributed by atoms with Crippen molar-refractivity contribution < 1.29 is 57.0 Å². The van der Waals surface area contributed by atoms with Crippen LogP contribution in [0.4, 0.5) is 28.4 Å². The molecule has 0 saturated heterocycles. The van der Waals surface area contributed by atoms with Gasteiger partial charge in [-0.3, -0.25) is 18.2 Å². The van der Waals surface area contributed by atoms with E-state index in [1.54, 1.807) is 0 Å². The van der Waals surface area contributed by atoms with Crippen molar-refractivity contribution in [2.24, 2.45) is 20.5 Å². The van der Waals surface area contributed by atoms with E-state index in [1.165, 1.54) is 26.0 Å². The third-order valence-electron chi connectivity index (χ3n) is 6.17. The number of nitrogens with two attached hydrogens (primary N) is 1. The molecule has 0 fully saturated rings. The SMILES string of the molecule is Cc1ccc(S(=O)(=O)O)c(N=Nc2c(S(=O)(=O)O)cc3cc(S(=O)(=O)O)c(N=Nc4cc(C)ccc4S(=O)(=O)O)c(O)c3c2N)c1. The van der Waals surface area contributed by atoms with Gasteiger partial charge < -0.3 is 10.8 Å². The number of aryl methyl sites for hydroxylation is 2. The topological polar surface area (TPSA) is 313 Å². The van der Waals surface area contributed by atoms with Gasteiger partial charge in [-0.15, -0.1) is 20.5 Å². The van der Waals surface area contributed by atoms with Gasteiger partial charge in [0.05, 0.1) is 11.1 Å². The van der Waals surface area contributed by atoms with Crippen LogP contribution in [-0.4, -0.2) is 57.0 Å². The Hall–Kier alpha value is -4.42. The van der Waals surface area contributed by atoms with Gasteiger partial charge in [0.25, 0.3) is 40.5 Å². The number of rotatable bonds is 8. The van der Waals surface area contributed by atoms with Crippen molar-refractivity contribution in [1.29, 1.82) is 0 Å². The van der Waals surface area contributed by atoms with Gasteiger partial charge in [-0.1, -0.05) is 12.1 Å². The van der Waals surface area contributed by atoms with Gasteiger partial charge in [0.1, 0.15) is 42.3 Å². The van der Waals surface area contributed by atoms with E-state index in [2.05, 4.69) is 20.5 Å². The van der Waals surface area contributed by atoms with Gasteiger partial charge in [-0.2, -0.15) is 33.7 Å². The third kappa shape index (κ3) is 7.02. The van der Waals surface area contributed by atoms with Gasteiger partial charge >= 0.3 is 0 Å². The molecule has 0 radical (unpaired) electrons. The van der Waals surface area contributed by atoms with Crippen LogP contribution < -0.4 is 5.73 Å². The molecule has 0 heterocycles. The molecular formula is C24H21N5O13S4. The van der Waals surface area contributed by atoms with Crippen LogP contribution in [0.1, 0.15) is 11.1 Å². The minimum absolute atomic E-state index is 0.418. The number of hydrogen-bond acceptors (Lipinski definition) is 14. The lowest BCUT2D eigenvalue weighted by molar-refractivity contribution is 0.472. The second kappa shape index (κ2) is 11.7. The summed E-state index contributed by atoms with van der Waals surface area (Å²) in [5, 5.41) is 24.6. The molecule has 0 amide bonds. The summed E-state index contributed by atoms with van der Waals surface area (Å²) in [6, 6.07) is 8.05. The molecule has 0 aliphatic carbocycles. The van der Waals surface area contributed by atoms with Gasteiger partial charge in [0.15, 0.2) is 5.75 Å². The molecule has 46 heavy (non-hydrogen) atoms. The predicted octanol–water partition coefficient (Wildman–Crippen LogP) is 4.56. The predicted molar refractivity (Wildman–Crippen MR) is 160 cm³/mol. The maximum absolute atomic E-state index is 12.3. The third-order valence-corrected chi connectivity index (χ3v) is 9.71. The smallest absolute Gasteiger partial charge is 0.296 e. The fourth-order valence-corrected chi connectivity index (χ4v) is 6.70. The lowest BCUT2D eigenvalue weighted by Crippen LogP contribution is -2.04. The van der Waals surface area contributed by atoms with Gasteiger partial charge in [0.2, 0.25) is 0 Å². The zero-order chi connectivity index (χ0) is 34.6. The van der Waals surface area contributed by atoms with Crippen LogP contribution in [0.25, 0.3) is 10.8 Å². The molecule has 7 N–H and O–H groups in total. The molecule has 0 atom stereocenters. The van der Waals surface area contributed by atoms with E-state index in [-0.39, 0.29) is 0 Å². The second-order valence-electron chi connectivity index (χ2n) is 9.55. The Kier molecular flexibility index (Phi) is 8.79. The molecule has 0 aliphatic rings. The first-order chi connectivity index (χ1) is 21.0. The maximum atomic E-state index is 12.3. The summed E-state index contributed by atoms with van der Waals surface area (Å²) in [5.41, 5.74) is 3.26. The van der Waals surface area contributed by atoms with E-state index in [4.69, 9.17) is 5.73 Å². The average Bonchev–Trinajstić information content (AvgIpc) is 2.89. The molecule has 22 heteroatoms. The van der Waals surface area contributed by atoms with Crippen molar-refractivity contribution >= 4 is 79.7 Å². The van der Waals surface area contributed by atoms with E-state index >= 15 is 0 Å². The number of phenols is 1. The molecular weight excluding hydrogens is 695 g/mol. The number of phenolic OH excluding ortho intramolecular Hbond substituents is 1. The highest BCUT2D eigenvalue weighted by molar-refractivity contribution is 7.86. The van der Waals surface area contributed by atoms with Crippen molar-refractivity contribution in [3.8, 4) is 5.75 Å². The van der Waals surface area contributed by atoms with Crippen LogP contribution in [0.5, 0.6) is 5.75 Å². The van der Waals surface area contributed by atoms with Crippen molar-refractivity contribution in [1.82, 2.24) is 0 Å². The summed E-state index contributed by atoms with van der Waals surface area (Å²) >= 11 is 0. The molecule has 244 valence electrons. The number of fused-ring (bicyclic) bond motifs is 1. The number of benzene rings is 4. The number of anilines is 1. The highest BCUT2D eigenvalue weighted by Gasteiger charge is 2.28. The van der Waals surface area contributed by atoms with Crippen LogP contribution in [-0.2, 0) is 40.5 Å². The number of azo groups is 2. The molecule has 0 unspecified atom stereocenters. The number of nitrogen functional groups attached to an aromatic ring is 1. The summed E-state index contributed by atoms with van der Waals surface area (Å²) in [6.07, 6.45) is 0. The normalized spacial score (nSPS) is 13.3. The Morgan fingerprint density at radius 2 is 0.913 bits per heavy atom. The Balaban J connectivity index is 2.09. The highest BCUT2D eigenvalue weighted by atomic mass is 32.2. The summed E-state index contributed by atoms with van der Waals surface area (Å²) in [5.74, 6) is -1.17. The standard InChI is InChI=1S/C24H21N5O13S4/c1-11-3-5-16(43(31,32)33)14(7-11)26-28-22-18(45(37,38)39)9-13-10-19(46(40,41)42)23(24(30)20(13)21(22)25)29-27-15-8-12(2)4-6-17(15)44(34,35)36/h3-10,30H,25H2,1-2H3,(H,31,32,33)(H,34,35,36)(H,37,38,39)(H,40,41,42). The van der Waals surface area contributed by atoms with Gasteiger partial charge in [0, 0.05) is 0 Å². The van der Waals surface area contributed by atoms with E-state index in [1.807, 2.05) is 0 Å². The fraction of sp³-hybridized carbons (Fsp3) is 0.0833. The van der Waals surface area contributed by atoms with Crippen LogP contribution in [0.2, 0.25) is 0 Å². The fourth-order valence-electron chi connectivity index (χ4n) is 4.16. The minimum Gasteiger partial charge on any atom is -0.505 e. The molecule has 0 spiro atoms. The number of nitrogens with zero attached hydrogens (tertiary/aromatic N) is 4. The molecule has 4 rings (SSSR count). The van der Waals surface area contributed by atoms with Crippen molar-refractivity contribution in [2.75, 3.05) is 5.73 Å². The van der Waals surface area contributed by atoms with E-state index < -0.39 is 105 Å². The lowest BCUT2D eigenvalue weighted by Gasteiger charge is -2.14. The van der Waals surface area contributed by atoms with Crippen molar-refractivity contribution in [2.45, 2.75) is 33.4 Å². The Morgan fingerprint density at radius 3 is 1.30 bits per heavy atom.